The van der Waals surface area contributed by atoms with Gasteiger partial charge in [-0.15, -0.1) is 0 Å². The van der Waals surface area contributed by atoms with Gasteiger partial charge in [0.15, 0.2) is 11.5 Å². The molecule has 4 nitrogen and oxygen atoms in total. The third-order valence-corrected chi connectivity index (χ3v) is 2.79. The quantitative estimate of drug-likeness (QED) is 0.891. The zero-order valence-corrected chi connectivity index (χ0v) is 9.67. The van der Waals surface area contributed by atoms with Crippen LogP contribution in [0.3, 0.4) is 0 Å². The lowest BCUT2D eigenvalue weighted by atomic mass is 10.1. The zero-order valence-electron chi connectivity index (χ0n) is 8.08. The van der Waals surface area contributed by atoms with Crippen molar-refractivity contribution in [3.63, 3.8) is 0 Å². The lowest BCUT2D eigenvalue weighted by molar-refractivity contribution is 0.173. The van der Waals surface area contributed by atoms with Crippen molar-refractivity contribution in [3.05, 3.63) is 22.2 Å². The van der Waals surface area contributed by atoms with Crippen LogP contribution in [-0.4, -0.2) is 13.8 Å². The molecule has 1 aliphatic rings. The summed E-state index contributed by atoms with van der Waals surface area (Å²) in [6, 6.07) is 5.50. The van der Waals surface area contributed by atoms with Crippen molar-refractivity contribution in [3.8, 4) is 17.6 Å². The number of halogens is 1. The number of benzene rings is 1. The van der Waals surface area contributed by atoms with Crippen LogP contribution in [0.5, 0.6) is 11.5 Å². The molecule has 0 saturated heterocycles. The topological polar surface area (TPSA) is 54.3 Å². The van der Waals surface area contributed by atoms with Crippen LogP contribution in [0, 0.1) is 11.3 Å². The van der Waals surface area contributed by atoms with Gasteiger partial charge in [0, 0.05) is 0 Å². The summed E-state index contributed by atoms with van der Waals surface area (Å²) in [6.07, 6.45) is 0. The first kappa shape index (κ1) is 10.3. The molecule has 1 aliphatic heterocycles. The molecule has 0 amide bonds. The fourth-order valence-corrected chi connectivity index (χ4v) is 2.03. The standard InChI is InChI=1S/C10H9BrN2O2/c1-13-8(4-12)6-2-7(11)10-9(3-6)14-5-15-10/h2-3,8,13H,5H2,1H3. The Hall–Kier alpha value is -1.25. The molecule has 1 aromatic carbocycles. The van der Waals surface area contributed by atoms with Gasteiger partial charge in [-0.3, -0.25) is 0 Å². The van der Waals surface area contributed by atoms with Gasteiger partial charge in [0.25, 0.3) is 0 Å². The summed E-state index contributed by atoms with van der Waals surface area (Å²) in [7, 11) is 1.74. The second kappa shape index (κ2) is 4.09. The van der Waals surface area contributed by atoms with Gasteiger partial charge in [-0.25, -0.2) is 0 Å². The number of hydrogen-bond acceptors (Lipinski definition) is 4. The van der Waals surface area contributed by atoms with E-state index in [0.29, 0.717) is 11.5 Å². The average Bonchev–Trinajstić information content (AvgIpc) is 2.68. The predicted molar refractivity (Wildman–Crippen MR) is 57.7 cm³/mol. The third-order valence-electron chi connectivity index (χ3n) is 2.20. The average molecular weight is 269 g/mol. The molecule has 0 bridgehead atoms. The predicted octanol–water partition coefficient (Wildman–Crippen LogP) is 1.96. The molecular formula is C10H9BrN2O2. The Morgan fingerprint density at radius 3 is 3.00 bits per heavy atom. The summed E-state index contributed by atoms with van der Waals surface area (Å²) < 4.78 is 11.3. The maximum Gasteiger partial charge on any atom is 0.231 e. The van der Waals surface area contributed by atoms with Crippen LogP contribution in [0.1, 0.15) is 11.6 Å². The molecule has 1 unspecified atom stereocenters. The third kappa shape index (κ3) is 1.78. The molecule has 0 saturated carbocycles. The van der Waals surface area contributed by atoms with E-state index in [9.17, 15) is 0 Å². The van der Waals surface area contributed by atoms with Gasteiger partial charge in [0.2, 0.25) is 6.79 Å². The van der Waals surface area contributed by atoms with Crippen molar-refractivity contribution in [2.45, 2.75) is 6.04 Å². The summed E-state index contributed by atoms with van der Waals surface area (Å²) in [5.41, 5.74) is 0.858. The number of rotatable bonds is 2. The van der Waals surface area contributed by atoms with Crippen LogP contribution in [0.25, 0.3) is 0 Å². The Bertz CT molecular complexity index is 428. The Kier molecular flexibility index (Phi) is 2.80. The molecule has 0 aliphatic carbocycles. The zero-order chi connectivity index (χ0) is 10.8. The van der Waals surface area contributed by atoms with E-state index in [2.05, 4.69) is 27.3 Å². The van der Waals surface area contributed by atoms with E-state index in [1.165, 1.54) is 0 Å². The van der Waals surface area contributed by atoms with E-state index in [1.807, 2.05) is 12.1 Å². The summed E-state index contributed by atoms with van der Waals surface area (Å²) in [5, 5.41) is 11.8. The SMILES string of the molecule is CNC(C#N)c1cc(Br)c2c(c1)OCO2. The van der Waals surface area contributed by atoms with Crippen LogP contribution in [0.2, 0.25) is 0 Å². The van der Waals surface area contributed by atoms with E-state index >= 15 is 0 Å². The molecule has 5 heteroatoms. The first-order valence-corrected chi connectivity index (χ1v) is 5.21. The molecular weight excluding hydrogens is 260 g/mol. The molecule has 0 spiro atoms. The summed E-state index contributed by atoms with van der Waals surface area (Å²) >= 11 is 3.38. The second-order valence-corrected chi connectivity index (χ2v) is 3.94. The van der Waals surface area contributed by atoms with Crippen LogP contribution < -0.4 is 14.8 Å². The Morgan fingerprint density at radius 2 is 2.33 bits per heavy atom. The second-order valence-electron chi connectivity index (χ2n) is 3.09. The number of fused-ring (bicyclic) bond motifs is 1. The van der Waals surface area contributed by atoms with Gasteiger partial charge in [0.1, 0.15) is 6.04 Å². The smallest absolute Gasteiger partial charge is 0.231 e. The lowest BCUT2D eigenvalue weighted by Gasteiger charge is -2.09. The number of nitrogens with one attached hydrogen (secondary N) is 1. The van der Waals surface area contributed by atoms with E-state index in [4.69, 9.17) is 14.7 Å². The van der Waals surface area contributed by atoms with Crippen LogP contribution in [-0.2, 0) is 0 Å². The first-order chi connectivity index (χ1) is 7.26. The maximum atomic E-state index is 8.92. The van der Waals surface area contributed by atoms with Crippen molar-refractivity contribution >= 4 is 15.9 Å². The first-order valence-electron chi connectivity index (χ1n) is 4.42. The van der Waals surface area contributed by atoms with Crippen molar-refractivity contribution in [1.82, 2.24) is 5.32 Å². The number of hydrogen-bond donors (Lipinski definition) is 1. The lowest BCUT2D eigenvalue weighted by Crippen LogP contribution is -2.13. The Morgan fingerprint density at radius 1 is 1.53 bits per heavy atom. The molecule has 1 N–H and O–H groups in total. The highest BCUT2D eigenvalue weighted by Crippen LogP contribution is 2.41. The van der Waals surface area contributed by atoms with Crippen LogP contribution in [0.15, 0.2) is 16.6 Å². The van der Waals surface area contributed by atoms with E-state index < -0.39 is 0 Å². The van der Waals surface area contributed by atoms with Crippen LogP contribution >= 0.6 is 15.9 Å². The molecule has 1 aromatic rings. The van der Waals surface area contributed by atoms with Crippen LogP contribution in [0.4, 0.5) is 0 Å². The summed E-state index contributed by atoms with van der Waals surface area (Å²) in [6.45, 7) is 0.230. The van der Waals surface area contributed by atoms with Gasteiger partial charge in [-0.05, 0) is 40.7 Å². The van der Waals surface area contributed by atoms with E-state index in [0.717, 1.165) is 10.0 Å². The Labute approximate surface area is 95.9 Å². The van der Waals surface area contributed by atoms with E-state index in [1.54, 1.807) is 7.05 Å². The number of nitrogens with zero attached hydrogens (tertiary/aromatic N) is 1. The minimum atomic E-state index is -0.337. The van der Waals surface area contributed by atoms with Crippen molar-refractivity contribution in [1.29, 1.82) is 5.26 Å². The van der Waals surface area contributed by atoms with Gasteiger partial charge in [-0.1, -0.05) is 0 Å². The van der Waals surface area contributed by atoms with Crippen molar-refractivity contribution < 1.29 is 9.47 Å². The fraction of sp³-hybridized carbons (Fsp3) is 0.300. The highest BCUT2D eigenvalue weighted by atomic mass is 79.9. The molecule has 2 rings (SSSR count). The number of nitriles is 1. The maximum absolute atomic E-state index is 8.92. The highest BCUT2D eigenvalue weighted by molar-refractivity contribution is 9.10. The monoisotopic (exact) mass is 268 g/mol. The largest absolute Gasteiger partial charge is 0.454 e. The summed E-state index contributed by atoms with van der Waals surface area (Å²) in [4.78, 5) is 0. The van der Waals surface area contributed by atoms with Gasteiger partial charge in [0.05, 0.1) is 10.5 Å². The van der Waals surface area contributed by atoms with Gasteiger partial charge >= 0.3 is 0 Å². The molecule has 0 aromatic heterocycles. The molecule has 1 atom stereocenters. The minimum Gasteiger partial charge on any atom is -0.454 e. The van der Waals surface area contributed by atoms with Gasteiger partial charge in [-0.2, -0.15) is 5.26 Å². The molecule has 78 valence electrons. The minimum absolute atomic E-state index is 0.230. The highest BCUT2D eigenvalue weighted by Gasteiger charge is 2.20. The molecule has 0 fully saturated rings. The normalized spacial score (nSPS) is 14.7. The Balaban J connectivity index is 2.44. The molecule has 1 heterocycles. The van der Waals surface area contributed by atoms with Crippen molar-refractivity contribution in [2.24, 2.45) is 0 Å². The van der Waals surface area contributed by atoms with Gasteiger partial charge < -0.3 is 14.8 Å². The van der Waals surface area contributed by atoms with E-state index in [-0.39, 0.29) is 12.8 Å². The van der Waals surface area contributed by atoms with Crippen molar-refractivity contribution in [2.75, 3.05) is 13.8 Å². The molecule has 0 radical (unpaired) electrons. The summed E-state index contributed by atoms with van der Waals surface area (Å²) in [5.74, 6) is 1.38. The fourth-order valence-electron chi connectivity index (χ4n) is 1.46. The molecule has 15 heavy (non-hydrogen) atoms. The number of ether oxygens (including phenoxy) is 2.